The molecular formula is C10H9IN4O4S. The Balaban J connectivity index is 2.40. The van der Waals surface area contributed by atoms with Crippen LogP contribution < -0.4 is 3.28 Å². The number of aromatic carboxylic acids is 1. The topological polar surface area (TPSA) is 109 Å². The van der Waals surface area contributed by atoms with Crippen LogP contribution in [0.3, 0.4) is 0 Å². The molecule has 1 heterocycles. The van der Waals surface area contributed by atoms with Crippen molar-refractivity contribution in [3.05, 3.63) is 30.1 Å². The van der Waals surface area contributed by atoms with Crippen LogP contribution in [0.5, 0.6) is 0 Å². The van der Waals surface area contributed by atoms with Crippen LogP contribution in [0.1, 0.15) is 10.4 Å². The Hall–Kier alpha value is -1.53. The minimum absolute atomic E-state index is 0.00740. The lowest BCUT2D eigenvalue weighted by Crippen LogP contribution is -2.06. The number of nitrogens with zero attached hydrogens (tertiary/aromatic N) is 4. The lowest BCUT2D eigenvalue weighted by atomic mass is 10.2. The fourth-order valence-electron chi connectivity index (χ4n) is 1.39. The molecule has 0 saturated carbocycles. The normalized spacial score (nSPS) is 10.5. The van der Waals surface area contributed by atoms with E-state index in [4.69, 9.17) is 0 Å². The molecule has 0 atom stereocenters. The third-order valence-electron chi connectivity index (χ3n) is 2.34. The zero-order chi connectivity index (χ0) is 14.7. The number of anilines is 1. The van der Waals surface area contributed by atoms with Gasteiger partial charge in [0.25, 0.3) is 21.5 Å². The number of aryl methyl sites for hydroxylation is 1. The first-order chi connectivity index (χ1) is 9.52. The highest BCUT2D eigenvalue weighted by Crippen LogP contribution is 2.32. The van der Waals surface area contributed by atoms with Crippen molar-refractivity contribution in [1.82, 2.24) is 14.8 Å². The number of carboxylic acids is 1. The summed E-state index contributed by atoms with van der Waals surface area (Å²) in [4.78, 5) is 11.7. The van der Waals surface area contributed by atoms with Crippen molar-refractivity contribution in [2.24, 2.45) is 7.05 Å². The Morgan fingerprint density at radius 1 is 1.50 bits per heavy atom. The van der Waals surface area contributed by atoms with E-state index in [-0.39, 0.29) is 11.3 Å². The molecule has 0 unspecified atom stereocenters. The van der Waals surface area contributed by atoms with Crippen LogP contribution in [-0.2, 0) is 10.1 Å². The number of carboxylic acid groups (broad SMARTS) is 1. The van der Waals surface area contributed by atoms with E-state index in [1.165, 1.54) is 24.5 Å². The predicted octanol–water partition coefficient (Wildman–Crippen LogP) is 2.09. The maximum absolute atomic E-state index is 11.3. The second kappa shape index (κ2) is 6.28. The molecule has 1 aromatic heterocycles. The van der Waals surface area contributed by atoms with Crippen LogP contribution in [-0.4, -0.2) is 31.0 Å². The molecule has 2 N–H and O–H groups in total. The number of aromatic nitrogens is 3. The van der Waals surface area contributed by atoms with Gasteiger partial charge in [-0.2, -0.15) is 3.28 Å². The van der Waals surface area contributed by atoms with Gasteiger partial charge in [0.2, 0.25) is 0 Å². The van der Waals surface area contributed by atoms with E-state index >= 15 is 0 Å². The smallest absolute Gasteiger partial charge is 0.336 e. The van der Waals surface area contributed by atoms with Gasteiger partial charge in [-0.05, 0) is 30.0 Å². The summed E-state index contributed by atoms with van der Waals surface area (Å²) in [5.74, 6) is -1.14. The van der Waals surface area contributed by atoms with Crippen LogP contribution >= 0.6 is 33.2 Å². The van der Waals surface area contributed by atoms with E-state index < -0.39 is 27.4 Å². The molecular weight excluding hydrogens is 399 g/mol. The molecule has 0 aliphatic heterocycles. The molecule has 0 aliphatic carbocycles. The molecule has 0 fully saturated rings. The van der Waals surface area contributed by atoms with Gasteiger partial charge in [-0.15, -0.1) is 10.2 Å². The average Bonchev–Trinajstić information content (AvgIpc) is 2.83. The molecule has 0 radical (unpaired) electrons. The SMILES string of the molecule is Cn1cnnc1Sc1ccc(N(O)I=O)cc1C(=O)O. The van der Waals surface area contributed by atoms with Crippen LogP contribution in [0.2, 0.25) is 0 Å². The quantitative estimate of drug-likeness (QED) is 0.440. The Morgan fingerprint density at radius 2 is 2.25 bits per heavy atom. The van der Waals surface area contributed by atoms with Crippen LogP contribution in [0.4, 0.5) is 5.69 Å². The number of halogens is 1. The number of carbonyl (C=O) groups is 1. The summed E-state index contributed by atoms with van der Waals surface area (Å²) in [6.45, 7) is 0. The third kappa shape index (κ3) is 3.13. The maximum atomic E-state index is 11.3. The molecule has 0 aliphatic rings. The second-order valence-corrected chi connectivity index (χ2v) is 5.96. The molecule has 0 saturated heterocycles. The van der Waals surface area contributed by atoms with Crippen molar-refractivity contribution in [2.75, 3.05) is 3.28 Å². The van der Waals surface area contributed by atoms with Crippen molar-refractivity contribution in [2.45, 2.75) is 10.1 Å². The lowest BCUT2D eigenvalue weighted by Gasteiger charge is -2.10. The molecule has 2 aromatic rings. The van der Waals surface area contributed by atoms with Gasteiger partial charge in [-0.3, -0.25) is 5.21 Å². The second-order valence-electron chi connectivity index (χ2n) is 3.64. The van der Waals surface area contributed by atoms with Gasteiger partial charge < -0.3 is 9.67 Å². The first-order valence-electron chi connectivity index (χ1n) is 5.18. The summed E-state index contributed by atoms with van der Waals surface area (Å²) in [7, 11) is 1.74. The number of benzene rings is 1. The predicted molar refractivity (Wildman–Crippen MR) is 77.5 cm³/mol. The van der Waals surface area contributed by atoms with E-state index in [9.17, 15) is 18.2 Å². The van der Waals surface area contributed by atoms with Crippen molar-refractivity contribution >= 4 is 44.9 Å². The van der Waals surface area contributed by atoms with Gasteiger partial charge in [-0.25, -0.2) is 7.86 Å². The highest BCUT2D eigenvalue weighted by atomic mass is 127. The first kappa shape index (κ1) is 14.9. The van der Waals surface area contributed by atoms with Gasteiger partial charge in [0.15, 0.2) is 5.16 Å². The Kier molecular flexibility index (Phi) is 4.67. The maximum Gasteiger partial charge on any atom is 0.336 e. The lowest BCUT2D eigenvalue weighted by molar-refractivity contribution is 0.0693. The zero-order valence-corrected chi connectivity index (χ0v) is 13.1. The van der Waals surface area contributed by atoms with Crippen molar-refractivity contribution in [3.8, 4) is 0 Å². The Labute approximate surface area is 128 Å². The largest absolute Gasteiger partial charge is 0.478 e. The fourth-order valence-corrected chi connectivity index (χ4v) is 2.79. The monoisotopic (exact) mass is 408 g/mol. The third-order valence-corrected chi connectivity index (χ3v) is 4.40. The molecule has 10 heteroatoms. The van der Waals surface area contributed by atoms with Gasteiger partial charge >= 0.3 is 5.97 Å². The minimum atomic E-state index is -1.81. The molecule has 0 spiro atoms. The molecule has 20 heavy (non-hydrogen) atoms. The number of rotatable bonds is 5. The van der Waals surface area contributed by atoms with Gasteiger partial charge in [0.05, 0.1) is 11.3 Å². The fraction of sp³-hybridized carbons (Fsp3) is 0.100. The van der Waals surface area contributed by atoms with Crippen LogP contribution in [0, 0.1) is 0 Å². The molecule has 0 bridgehead atoms. The summed E-state index contributed by atoms with van der Waals surface area (Å²) in [6.07, 6.45) is 1.51. The number of hydrogen-bond donors (Lipinski definition) is 2. The number of hydrogen-bond acceptors (Lipinski definition) is 6. The van der Waals surface area contributed by atoms with Crippen LogP contribution in [0.25, 0.3) is 0 Å². The molecule has 2 rings (SSSR count). The Bertz CT molecular complexity index is 662. The minimum Gasteiger partial charge on any atom is -0.478 e. The average molecular weight is 408 g/mol. The molecule has 0 amide bonds. The zero-order valence-electron chi connectivity index (χ0n) is 10.1. The van der Waals surface area contributed by atoms with E-state index in [1.807, 2.05) is 0 Å². The summed E-state index contributed by atoms with van der Waals surface area (Å²) in [5, 5.41) is 26.7. The Morgan fingerprint density at radius 3 is 2.80 bits per heavy atom. The van der Waals surface area contributed by atoms with Crippen LogP contribution in [0.15, 0.2) is 34.6 Å². The summed E-state index contributed by atoms with van der Waals surface area (Å²) in [5.41, 5.74) is 0.166. The standard InChI is InChI=1S/C10H9IN4O4S/c1-14-5-12-13-10(14)20-8-3-2-6(15(19)11-18)4-7(8)9(16)17/h2-5,19H,1H3,(H,16,17). The van der Waals surface area contributed by atoms with E-state index in [2.05, 4.69) is 10.2 Å². The van der Waals surface area contributed by atoms with E-state index in [0.717, 1.165) is 11.8 Å². The van der Waals surface area contributed by atoms with Gasteiger partial charge in [0.1, 0.15) is 6.33 Å². The van der Waals surface area contributed by atoms with Crippen molar-refractivity contribution in [3.63, 3.8) is 0 Å². The van der Waals surface area contributed by atoms with Gasteiger partial charge in [-0.1, -0.05) is 0 Å². The van der Waals surface area contributed by atoms with E-state index in [1.54, 1.807) is 11.6 Å². The summed E-state index contributed by atoms with van der Waals surface area (Å²) < 4.78 is 12.9. The van der Waals surface area contributed by atoms with Crippen molar-refractivity contribution in [1.29, 1.82) is 0 Å². The first-order valence-corrected chi connectivity index (χ1v) is 7.84. The molecule has 1 aromatic carbocycles. The van der Waals surface area contributed by atoms with E-state index in [0.29, 0.717) is 13.3 Å². The summed E-state index contributed by atoms with van der Waals surface area (Å²) >= 11 is -0.667. The summed E-state index contributed by atoms with van der Waals surface area (Å²) in [6, 6.07) is 4.28. The molecule has 8 nitrogen and oxygen atoms in total. The molecule has 106 valence electrons. The highest BCUT2D eigenvalue weighted by Gasteiger charge is 2.16. The van der Waals surface area contributed by atoms with Gasteiger partial charge in [0, 0.05) is 11.9 Å². The van der Waals surface area contributed by atoms with Crippen molar-refractivity contribution < 1.29 is 18.2 Å². The highest BCUT2D eigenvalue weighted by molar-refractivity contribution is 14.1.